The van der Waals surface area contributed by atoms with Gasteiger partial charge in [-0.15, -0.1) is 0 Å². The highest BCUT2D eigenvalue weighted by Gasteiger charge is 2.35. The summed E-state index contributed by atoms with van der Waals surface area (Å²) in [6.45, 7) is 0.129. The Morgan fingerprint density at radius 2 is 1.96 bits per heavy atom. The molecule has 26 heavy (non-hydrogen) atoms. The van der Waals surface area contributed by atoms with Crippen molar-refractivity contribution >= 4 is 17.8 Å². The van der Waals surface area contributed by atoms with E-state index in [9.17, 15) is 24.3 Å². The van der Waals surface area contributed by atoms with Gasteiger partial charge in [-0.3, -0.25) is 24.1 Å². The van der Waals surface area contributed by atoms with Crippen molar-refractivity contribution in [2.75, 3.05) is 52.6 Å². The second-order valence-electron chi connectivity index (χ2n) is 5.87. The van der Waals surface area contributed by atoms with Gasteiger partial charge in [-0.25, -0.2) is 4.79 Å². The highest BCUT2D eigenvalue weighted by Crippen LogP contribution is 2.21. The number of ether oxygens (including phenoxy) is 1. The summed E-state index contributed by atoms with van der Waals surface area (Å²) in [6, 6.07) is 0. The van der Waals surface area contributed by atoms with E-state index in [1.54, 1.807) is 14.1 Å². The topological polar surface area (TPSA) is 133 Å². The molecule has 11 heteroatoms. The van der Waals surface area contributed by atoms with Crippen LogP contribution in [0.1, 0.15) is 20.8 Å². The van der Waals surface area contributed by atoms with Gasteiger partial charge in [0.15, 0.2) is 11.4 Å². The third kappa shape index (κ3) is 3.47. The van der Waals surface area contributed by atoms with Gasteiger partial charge in [-0.05, 0) is 0 Å². The number of carboxylic acid groups (broad SMARTS) is 1. The molecule has 2 heterocycles. The van der Waals surface area contributed by atoms with Crippen LogP contribution in [0.3, 0.4) is 0 Å². The van der Waals surface area contributed by atoms with Crippen molar-refractivity contribution in [2.24, 2.45) is 0 Å². The lowest BCUT2D eigenvalue weighted by Gasteiger charge is -2.39. The molecule has 1 aliphatic rings. The molecule has 0 atom stereocenters. The fourth-order valence-electron chi connectivity index (χ4n) is 2.44. The number of carboxylic acids is 1. The quantitative estimate of drug-likeness (QED) is 0.610. The molecule has 0 saturated carbocycles. The molecule has 11 nitrogen and oxygen atoms in total. The molecule has 0 bridgehead atoms. The van der Waals surface area contributed by atoms with Crippen LogP contribution in [-0.4, -0.2) is 90.0 Å². The Labute approximate surface area is 148 Å². The van der Waals surface area contributed by atoms with E-state index in [0.29, 0.717) is 0 Å². The van der Waals surface area contributed by atoms with Gasteiger partial charge >= 0.3 is 5.97 Å². The molecule has 0 radical (unpaired) electrons. The Hall–Kier alpha value is -3.08. The van der Waals surface area contributed by atoms with E-state index < -0.39 is 34.3 Å². The van der Waals surface area contributed by atoms with Gasteiger partial charge in [0.25, 0.3) is 5.91 Å². The number of hydrogen-bond acceptors (Lipinski definition) is 7. The van der Waals surface area contributed by atoms with Crippen molar-refractivity contribution in [3.05, 3.63) is 27.7 Å². The fourth-order valence-corrected chi connectivity index (χ4v) is 2.44. The van der Waals surface area contributed by atoms with Crippen molar-refractivity contribution in [3.8, 4) is 5.75 Å². The van der Waals surface area contributed by atoms with E-state index in [-0.39, 0.29) is 32.3 Å². The zero-order valence-corrected chi connectivity index (χ0v) is 14.6. The zero-order chi connectivity index (χ0) is 19.6. The van der Waals surface area contributed by atoms with Gasteiger partial charge in [0.05, 0.1) is 6.61 Å². The predicted molar refractivity (Wildman–Crippen MR) is 88.9 cm³/mol. The minimum atomic E-state index is -1.55. The average Bonchev–Trinajstić information content (AvgIpc) is 2.58. The first-order valence-electron chi connectivity index (χ1n) is 7.64. The zero-order valence-electron chi connectivity index (χ0n) is 14.6. The standard InChI is InChI=1S/C15H20N4O7/c1-16(2)10(20)7-18-8-17(4-5-26-3)14(23)11-13(22)12(21)9(15(24)25)6-19(11)18/h6,22H,4-5,7-8H2,1-3H3,(H,24,25). The van der Waals surface area contributed by atoms with Crippen LogP contribution in [0.15, 0.2) is 11.0 Å². The summed E-state index contributed by atoms with van der Waals surface area (Å²) in [5.74, 6) is -3.50. The van der Waals surface area contributed by atoms with Crippen molar-refractivity contribution in [1.29, 1.82) is 0 Å². The number of pyridine rings is 1. The lowest BCUT2D eigenvalue weighted by Crippen LogP contribution is -2.57. The molecule has 0 fully saturated rings. The molecule has 0 aromatic carbocycles. The third-order valence-corrected chi connectivity index (χ3v) is 3.91. The SMILES string of the molecule is COCCN1CN(CC(=O)N(C)C)n2cc(C(=O)O)c(=O)c(O)c2C1=O. The van der Waals surface area contributed by atoms with E-state index >= 15 is 0 Å². The van der Waals surface area contributed by atoms with E-state index in [1.807, 2.05) is 0 Å². The van der Waals surface area contributed by atoms with Gasteiger partial charge in [0.1, 0.15) is 18.8 Å². The van der Waals surface area contributed by atoms with Crippen molar-refractivity contribution in [3.63, 3.8) is 0 Å². The number of aromatic carboxylic acids is 1. The van der Waals surface area contributed by atoms with E-state index in [0.717, 1.165) is 10.9 Å². The summed E-state index contributed by atoms with van der Waals surface area (Å²) in [6.07, 6.45) is 0.939. The molecule has 142 valence electrons. The molecule has 0 unspecified atom stereocenters. The summed E-state index contributed by atoms with van der Waals surface area (Å²) < 4.78 is 5.99. The maximum atomic E-state index is 12.6. The summed E-state index contributed by atoms with van der Waals surface area (Å²) in [7, 11) is 4.55. The first-order chi connectivity index (χ1) is 12.2. The lowest BCUT2D eigenvalue weighted by atomic mass is 10.2. The predicted octanol–water partition coefficient (Wildman–Crippen LogP) is -1.66. The summed E-state index contributed by atoms with van der Waals surface area (Å²) in [5, 5.41) is 20.7. The van der Waals surface area contributed by atoms with Crippen LogP contribution in [-0.2, 0) is 9.53 Å². The highest BCUT2D eigenvalue weighted by atomic mass is 16.5. The number of fused-ring (bicyclic) bond motifs is 1. The van der Waals surface area contributed by atoms with Crippen molar-refractivity contribution in [2.45, 2.75) is 0 Å². The number of carbonyl (C=O) groups excluding carboxylic acids is 2. The Bertz CT molecular complexity index is 802. The minimum Gasteiger partial charge on any atom is -0.502 e. The normalized spacial score (nSPS) is 13.6. The van der Waals surface area contributed by atoms with Gasteiger partial charge in [0, 0.05) is 33.9 Å². The van der Waals surface area contributed by atoms with Gasteiger partial charge in [-0.1, -0.05) is 0 Å². The highest BCUT2D eigenvalue weighted by molar-refractivity contribution is 5.98. The van der Waals surface area contributed by atoms with E-state index in [2.05, 4.69) is 0 Å². The van der Waals surface area contributed by atoms with E-state index in [1.165, 1.54) is 21.9 Å². The number of methoxy groups -OCH3 is 1. The van der Waals surface area contributed by atoms with Crippen LogP contribution in [0.5, 0.6) is 5.75 Å². The number of amides is 2. The maximum Gasteiger partial charge on any atom is 0.341 e. The van der Waals surface area contributed by atoms with Gasteiger partial charge < -0.3 is 24.7 Å². The number of nitrogens with zero attached hydrogens (tertiary/aromatic N) is 4. The first kappa shape index (κ1) is 19.2. The number of aromatic hydroxyl groups is 1. The molecule has 2 rings (SSSR count). The minimum absolute atomic E-state index is 0.0455. The fraction of sp³-hybridized carbons (Fsp3) is 0.467. The Morgan fingerprint density at radius 3 is 2.50 bits per heavy atom. The Balaban J connectivity index is 2.59. The Kier molecular flexibility index (Phi) is 5.50. The number of likely N-dealkylation sites (N-methyl/N-ethyl adjacent to an activating group) is 1. The molecular weight excluding hydrogens is 348 g/mol. The molecule has 0 spiro atoms. The summed E-state index contributed by atoms with van der Waals surface area (Å²) in [4.78, 5) is 50.6. The maximum absolute atomic E-state index is 12.6. The third-order valence-electron chi connectivity index (χ3n) is 3.91. The van der Waals surface area contributed by atoms with Gasteiger partial charge in [0.2, 0.25) is 11.3 Å². The van der Waals surface area contributed by atoms with Crippen LogP contribution < -0.4 is 10.4 Å². The molecule has 1 aromatic rings. The lowest BCUT2D eigenvalue weighted by molar-refractivity contribution is -0.127. The number of rotatable bonds is 6. The Morgan fingerprint density at radius 1 is 1.31 bits per heavy atom. The largest absolute Gasteiger partial charge is 0.502 e. The smallest absolute Gasteiger partial charge is 0.341 e. The molecule has 1 aromatic heterocycles. The summed E-state index contributed by atoms with van der Waals surface area (Å²) in [5.41, 5.74) is -2.26. The molecule has 2 amide bonds. The first-order valence-corrected chi connectivity index (χ1v) is 7.64. The van der Waals surface area contributed by atoms with Crippen LogP contribution in [0, 0.1) is 0 Å². The van der Waals surface area contributed by atoms with Crippen LogP contribution in [0.25, 0.3) is 0 Å². The van der Waals surface area contributed by atoms with E-state index in [4.69, 9.17) is 9.84 Å². The van der Waals surface area contributed by atoms with Crippen molar-refractivity contribution < 1.29 is 29.3 Å². The second kappa shape index (κ2) is 7.44. The number of hydrogen-bond donors (Lipinski definition) is 2. The molecule has 0 saturated heterocycles. The van der Waals surface area contributed by atoms with Crippen LogP contribution in [0.2, 0.25) is 0 Å². The number of carbonyl (C=O) groups is 3. The molecule has 1 aliphatic heterocycles. The monoisotopic (exact) mass is 368 g/mol. The molecule has 0 aliphatic carbocycles. The molecular formula is C15H20N4O7. The molecule has 2 N–H and O–H groups in total. The van der Waals surface area contributed by atoms with Crippen LogP contribution in [0.4, 0.5) is 0 Å². The average molecular weight is 368 g/mol. The number of aromatic nitrogens is 1. The summed E-state index contributed by atoms with van der Waals surface area (Å²) >= 11 is 0. The van der Waals surface area contributed by atoms with Crippen LogP contribution >= 0.6 is 0 Å². The van der Waals surface area contributed by atoms with Gasteiger partial charge in [-0.2, -0.15) is 0 Å². The van der Waals surface area contributed by atoms with Crippen molar-refractivity contribution in [1.82, 2.24) is 14.5 Å². The second-order valence-corrected chi connectivity index (χ2v) is 5.87.